The fourth-order valence-corrected chi connectivity index (χ4v) is 12.6. The number of H-pyrrole nitrogens is 2. The SMILES string of the molecule is COC(=O)N[C@H](C(=O)N1CCC[C@H]1c1nc2cc(F)c([C@H]3CC[C@H](c4cc5[nH]c([C@@H]6CCCN6C(=O)[C@H](C(C)C)N(C)C(=O)O)nc5cc4F)N3c3cc(F)c(N4CCC(c5ccc(F)cc5)CC4)c(F)c3)cc2[nH]1)C(C)C. The highest BCUT2D eigenvalue weighted by Crippen LogP contribution is 2.50. The average molecular weight is 1080 g/mol. The van der Waals surface area contributed by atoms with Gasteiger partial charge in [-0.3, -0.25) is 14.5 Å². The number of ether oxygens (including phenoxy) is 1. The molecule has 0 radical (unpaired) electrons. The number of nitrogens with zero attached hydrogens (tertiary/aromatic N) is 7. The second kappa shape index (κ2) is 21.8. The summed E-state index contributed by atoms with van der Waals surface area (Å²) < 4.78 is 86.1. The predicted molar refractivity (Wildman–Crippen MR) is 282 cm³/mol. The summed E-state index contributed by atoms with van der Waals surface area (Å²) in [5.74, 6) is -3.74. The molecule has 4 N–H and O–H groups in total. The number of carbonyl (C=O) groups excluding carboxylic acids is 3. The van der Waals surface area contributed by atoms with Gasteiger partial charge < -0.3 is 44.7 Å². The van der Waals surface area contributed by atoms with E-state index in [1.54, 1.807) is 57.7 Å². The number of imidazole rings is 2. The summed E-state index contributed by atoms with van der Waals surface area (Å²) in [4.78, 5) is 76.0. The molecule has 4 saturated heterocycles. The summed E-state index contributed by atoms with van der Waals surface area (Å²) in [6.45, 7) is 8.62. The number of halogens is 5. The maximum absolute atomic E-state index is 17.0. The Morgan fingerprint density at radius 2 is 1.18 bits per heavy atom. The van der Waals surface area contributed by atoms with Crippen molar-refractivity contribution < 1.29 is 51.0 Å². The number of carbonyl (C=O) groups is 4. The van der Waals surface area contributed by atoms with Crippen molar-refractivity contribution in [1.82, 2.24) is 40.0 Å². The summed E-state index contributed by atoms with van der Waals surface area (Å²) >= 11 is 0. The minimum atomic E-state index is -1.23. The van der Waals surface area contributed by atoms with Gasteiger partial charge in [-0.1, -0.05) is 39.8 Å². The molecule has 6 heterocycles. The number of aromatic amines is 2. The number of likely N-dealkylation sites (N-methyl/N-ethyl adjacent to an activating group) is 1. The van der Waals surface area contributed by atoms with E-state index in [9.17, 15) is 28.7 Å². The number of piperidine rings is 1. The Labute approximate surface area is 448 Å². The number of benzene rings is 4. The number of nitrogens with one attached hydrogen (secondary N) is 3. The van der Waals surface area contributed by atoms with Crippen molar-refractivity contribution in [2.45, 2.75) is 121 Å². The Balaban J connectivity index is 0.997. The van der Waals surface area contributed by atoms with E-state index in [-0.39, 0.29) is 81.8 Å². The van der Waals surface area contributed by atoms with Crippen molar-refractivity contribution >= 4 is 57.4 Å². The number of carboxylic acid groups (broad SMARTS) is 1. The van der Waals surface area contributed by atoms with Gasteiger partial charge in [0.1, 0.15) is 46.9 Å². The molecule has 414 valence electrons. The topological polar surface area (TPSA) is 183 Å². The summed E-state index contributed by atoms with van der Waals surface area (Å²) in [6, 6.07) is 9.81. The van der Waals surface area contributed by atoms with Crippen molar-refractivity contribution in [3.63, 3.8) is 0 Å². The third-order valence-corrected chi connectivity index (χ3v) is 16.5. The molecule has 10 rings (SSSR count). The summed E-state index contributed by atoms with van der Waals surface area (Å²) in [7, 11) is 2.59. The van der Waals surface area contributed by atoms with Crippen LogP contribution in [0.1, 0.15) is 137 Å². The van der Waals surface area contributed by atoms with Crippen LogP contribution in [0.3, 0.4) is 0 Å². The monoisotopic (exact) mass is 1080 g/mol. The molecule has 4 aliphatic heterocycles. The molecule has 0 spiro atoms. The zero-order valence-electron chi connectivity index (χ0n) is 44.5. The van der Waals surface area contributed by atoms with Crippen molar-refractivity contribution in [1.29, 1.82) is 0 Å². The maximum atomic E-state index is 17.0. The van der Waals surface area contributed by atoms with Crippen LogP contribution in [0.25, 0.3) is 22.1 Å². The molecule has 6 aromatic rings. The number of rotatable bonds is 13. The summed E-state index contributed by atoms with van der Waals surface area (Å²) in [5.41, 5.74) is 2.55. The van der Waals surface area contributed by atoms with Gasteiger partial charge in [-0.15, -0.1) is 0 Å². The number of amides is 4. The molecule has 21 heteroatoms. The minimum Gasteiger partial charge on any atom is -0.465 e. The number of likely N-dealkylation sites (tertiary alicyclic amines) is 2. The first-order valence-electron chi connectivity index (χ1n) is 26.9. The average Bonchev–Trinajstić information content (AvgIpc) is 4.43. The van der Waals surface area contributed by atoms with E-state index in [0.717, 1.165) is 10.5 Å². The zero-order valence-corrected chi connectivity index (χ0v) is 44.5. The Morgan fingerprint density at radius 1 is 0.667 bits per heavy atom. The van der Waals surface area contributed by atoms with Gasteiger partial charge in [0.15, 0.2) is 11.6 Å². The van der Waals surface area contributed by atoms with Crippen LogP contribution in [-0.4, -0.2) is 116 Å². The number of methoxy groups -OCH3 is 1. The second-order valence-corrected chi connectivity index (χ2v) is 21.9. The van der Waals surface area contributed by atoms with Crippen molar-refractivity contribution in [2.75, 3.05) is 50.1 Å². The van der Waals surface area contributed by atoms with E-state index < -0.39 is 71.7 Å². The van der Waals surface area contributed by atoms with E-state index >= 15 is 17.6 Å². The van der Waals surface area contributed by atoms with E-state index in [2.05, 4.69) is 15.3 Å². The second-order valence-electron chi connectivity index (χ2n) is 21.9. The first-order valence-corrected chi connectivity index (χ1v) is 26.9. The van der Waals surface area contributed by atoms with E-state index in [1.807, 2.05) is 13.8 Å². The molecule has 0 saturated carbocycles. The van der Waals surface area contributed by atoms with Gasteiger partial charge in [0.2, 0.25) is 11.8 Å². The lowest BCUT2D eigenvalue weighted by molar-refractivity contribution is -0.138. The molecular formula is C57H65F5N10O6. The molecule has 4 amide bonds. The molecule has 16 nitrogen and oxygen atoms in total. The normalized spacial score (nSPS) is 20.9. The largest absolute Gasteiger partial charge is 0.465 e. The number of hydrogen-bond acceptors (Lipinski definition) is 9. The number of hydrogen-bond donors (Lipinski definition) is 4. The first kappa shape index (κ1) is 53.9. The van der Waals surface area contributed by atoms with Crippen LogP contribution >= 0.6 is 0 Å². The number of fused-ring (bicyclic) bond motifs is 2. The minimum absolute atomic E-state index is 0.0589. The highest BCUT2D eigenvalue weighted by molar-refractivity contribution is 5.87. The van der Waals surface area contributed by atoms with Gasteiger partial charge in [-0.2, -0.15) is 0 Å². The van der Waals surface area contributed by atoms with Crippen molar-refractivity contribution in [3.05, 3.63) is 118 Å². The third-order valence-electron chi connectivity index (χ3n) is 16.5. The van der Waals surface area contributed by atoms with Gasteiger partial charge in [-0.05, 0) is 111 Å². The van der Waals surface area contributed by atoms with Crippen LogP contribution in [0.15, 0.2) is 60.7 Å². The number of alkyl carbamates (subject to hydrolysis) is 1. The summed E-state index contributed by atoms with van der Waals surface area (Å²) in [5, 5.41) is 12.4. The van der Waals surface area contributed by atoms with Crippen LogP contribution in [0.2, 0.25) is 0 Å². The van der Waals surface area contributed by atoms with Crippen molar-refractivity contribution in [2.24, 2.45) is 11.8 Å². The van der Waals surface area contributed by atoms with E-state index in [0.29, 0.717) is 87.4 Å². The maximum Gasteiger partial charge on any atom is 0.407 e. The quantitative estimate of drug-likeness (QED) is 0.0812. The molecular weight excluding hydrogens is 1020 g/mol. The van der Waals surface area contributed by atoms with Crippen LogP contribution < -0.4 is 15.1 Å². The molecule has 0 bridgehead atoms. The number of anilines is 2. The predicted octanol–water partition coefficient (Wildman–Crippen LogP) is 10.9. The van der Waals surface area contributed by atoms with E-state index in [4.69, 9.17) is 14.7 Å². The van der Waals surface area contributed by atoms with Crippen LogP contribution in [0.5, 0.6) is 0 Å². The summed E-state index contributed by atoms with van der Waals surface area (Å²) in [6.07, 6.45) is 2.00. The van der Waals surface area contributed by atoms with Gasteiger partial charge in [-0.25, -0.2) is 41.5 Å². The molecule has 2 aromatic heterocycles. The van der Waals surface area contributed by atoms with Crippen LogP contribution in [0.4, 0.5) is 42.9 Å². The van der Waals surface area contributed by atoms with Gasteiger partial charge >= 0.3 is 12.2 Å². The molecule has 0 unspecified atom stereocenters. The lowest BCUT2D eigenvalue weighted by atomic mass is 9.89. The Kier molecular flexibility index (Phi) is 15.0. The van der Waals surface area contributed by atoms with Crippen molar-refractivity contribution in [3.8, 4) is 0 Å². The molecule has 4 fully saturated rings. The molecule has 4 aliphatic rings. The highest BCUT2D eigenvalue weighted by atomic mass is 19.1. The van der Waals surface area contributed by atoms with Gasteiger partial charge in [0.05, 0.1) is 53.3 Å². The smallest absolute Gasteiger partial charge is 0.407 e. The Morgan fingerprint density at radius 3 is 1.65 bits per heavy atom. The standard InChI is InChI=1S/C57H65F5N10O6/c1-29(2)49(67-56(75)78-6)54(73)70-19-7-9-47(70)52-63-41-25-35(37(59)27-43(41)65-52)45-15-16-46(72(45)34-23-39(61)51(40(62)24-34)69-21-17-32(18-22-69)31-11-13-33(58)14-12-31)36-26-42-44(28-38(36)60)66-53(64-42)48-10-8-20-71(48)55(74)50(30(3)4)68(5)57(76)77/h11-14,23-30,32,45-50H,7-10,15-22H2,1-6H3,(H,63,65)(H,64,66)(H,67,75)(H,76,77)/t45-,46-,47+,48+,49+,50+/m1/s1. The van der Waals surface area contributed by atoms with Crippen LogP contribution in [0, 0.1) is 40.9 Å². The lowest BCUT2D eigenvalue weighted by Gasteiger charge is -2.36. The van der Waals surface area contributed by atoms with Gasteiger partial charge in [0.25, 0.3) is 0 Å². The molecule has 0 aliphatic carbocycles. The fraction of sp³-hybridized carbons (Fsp3) is 0.474. The Bertz CT molecular complexity index is 3230. The number of aromatic nitrogens is 4. The molecule has 6 atom stereocenters. The van der Waals surface area contributed by atoms with Crippen LogP contribution in [-0.2, 0) is 14.3 Å². The first-order chi connectivity index (χ1) is 37.3. The zero-order chi connectivity index (χ0) is 55.4. The lowest BCUT2D eigenvalue weighted by Crippen LogP contribution is -2.51. The van der Waals surface area contributed by atoms with Gasteiger partial charge in [0, 0.05) is 62.2 Å². The highest BCUT2D eigenvalue weighted by Gasteiger charge is 2.43. The fourth-order valence-electron chi connectivity index (χ4n) is 12.6. The molecule has 78 heavy (non-hydrogen) atoms. The third kappa shape index (κ3) is 10.1. The van der Waals surface area contributed by atoms with E-state index in [1.165, 1.54) is 50.6 Å². The Hall–Kier alpha value is -7.45. The molecule has 4 aromatic carbocycles.